The molecule has 1 aromatic rings. The maximum atomic E-state index is 12.8. The molecule has 7 nitrogen and oxygen atoms in total. The van der Waals surface area contributed by atoms with Crippen molar-refractivity contribution >= 4 is 29.5 Å². The van der Waals surface area contributed by atoms with Crippen molar-refractivity contribution in [1.29, 1.82) is 0 Å². The number of hydrogen-bond acceptors (Lipinski definition) is 5. The van der Waals surface area contributed by atoms with Crippen LogP contribution in [0.3, 0.4) is 0 Å². The van der Waals surface area contributed by atoms with Gasteiger partial charge in [0.05, 0.1) is 13.0 Å². The third kappa shape index (κ3) is 12.0. The summed E-state index contributed by atoms with van der Waals surface area (Å²) in [4.78, 5) is 36.3. The van der Waals surface area contributed by atoms with Crippen LogP contribution in [0.5, 0.6) is 5.75 Å². The molecule has 0 spiro atoms. The zero-order chi connectivity index (χ0) is 25.0. The van der Waals surface area contributed by atoms with Crippen molar-refractivity contribution in [3.8, 4) is 5.75 Å². The van der Waals surface area contributed by atoms with Crippen molar-refractivity contribution < 1.29 is 24.2 Å². The van der Waals surface area contributed by atoms with E-state index < -0.39 is 12.0 Å². The molecule has 33 heavy (non-hydrogen) atoms. The fourth-order valence-electron chi connectivity index (χ4n) is 3.31. The van der Waals surface area contributed by atoms with E-state index in [1.165, 1.54) is 11.8 Å². The Bertz CT molecular complexity index is 759. The number of benzene rings is 1. The Morgan fingerprint density at radius 1 is 1.12 bits per heavy atom. The molecule has 0 fully saturated rings. The quantitative estimate of drug-likeness (QED) is 0.347. The van der Waals surface area contributed by atoms with E-state index in [0.717, 1.165) is 24.2 Å². The van der Waals surface area contributed by atoms with E-state index in [-0.39, 0.29) is 29.6 Å². The van der Waals surface area contributed by atoms with Crippen molar-refractivity contribution in [2.75, 3.05) is 25.2 Å². The summed E-state index contributed by atoms with van der Waals surface area (Å²) in [5.74, 6) is 0.604. The van der Waals surface area contributed by atoms with Crippen LogP contribution in [0.2, 0.25) is 0 Å². The summed E-state index contributed by atoms with van der Waals surface area (Å²) in [5.41, 5.74) is 0.768. The molecule has 0 saturated carbocycles. The number of amides is 2. The molecule has 0 aliphatic heterocycles. The van der Waals surface area contributed by atoms with Crippen molar-refractivity contribution in [2.24, 2.45) is 11.3 Å². The van der Waals surface area contributed by atoms with Gasteiger partial charge in [0, 0.05) is 18.7 Å². The van der Waals surface area contributed by atoms with Gasteiger partial charge in [0.15, 0.2) is 0 Å². The molecule has 0 bridgehead atoms. The van der Waals surface area contributed by atoms with Gasteiger partial charge in [0.2, 0.25) is 11.8 Å². The van der Waals surface area contributed by atoms with Gasteiger partial charge >= 0.3 is 5.97 Å². The number of nitrogens with one attached hydrogen (secondary N) is 2. The molecule has 1 aromatic carbocycles. The topological polar surface area (TPSA) is 105 Å². The first-order valence-corrected chi connectivity index (χ1v) is 12.6. The van der Waals surface area contributed by atoms with Crippen molar-refractivity contribution in [3.05, 3.63) is 29.8 Å². The van der Waals surface area contributed by atoms with Crippen LogP contribution in [0.4, 0.5) is 0 Å². The van der Waals surface area contributed by atoms with E-state index in [1.807, 2.05) is 45.0 Å². The van der Waals surface area contributed by atoms with E-state index >= 15 is 0 Å². The number of carboxylic acid groups (broad SMARTS) is 1. The number of rotatable bonds is 14. The normalized spacial score (nSPS) is 13.3. The molecule has 0 aliphatic carbocycles. The predicted molar refractivity (Wildman–Crippen MR) is 134 cm³/mol. The SMILES string of the molecule is COc1ccc([C@@H](CC(C)C)C(=O)NCCCSC[C@H](NC(=O)CC(C)(C)C)C(=O)O)cc1. The van der Waals surface area contributed by atoms with E-state index in [2.05, 4.69) is 24.5 Å². The van der Waals surface area contributed by atoms with Gasteiger partial charge in [-0.25, -0.2) is 4.79 Å². The Hall–Kier alpha value is -2.22. The fraction of sp³-hybridized carbons (Fsp3) is 0.640. The third-order valence-corrected chi connectivity index (χ3v) is 6.06. The van der Waals surface area contributed by atoms with Crippen molar-refractivity contribution in [2.45, 2.75) is 65.8 Å². The molecule has 0 aromatic heterocycles. The van der Waals surface area contributed by atoms with Crippen LogP contribution in [0.25, 0.3) is 0 Å². The second kappa shape index (κ2) is 14.1. The highest BCUT2D eigenvalue weighted by atomic mass is 32.2. The average Bonchev–Trinajstić information content (AvgIpc) is 2.71. The monoisotopic (exact) mass is 480 g/mol. The number of thioether (sulfide) groups is 1. The molecule has 0 saturated heterocycles. The maximum Gasteiger partial charge on any atom is 0.327 e. The molecule has 0 radical (unpaired) electrons. The first-order chi connectivity index (χ1) is 15.4. The molecular formula is C25H40N2O5S. The van der Waals surface area contributed by atoms with Crippen LogP contribution >= 0.6 is 11.8 Å². The summed E-state index contributed by atoms with van der Waals surface area (Å²) < 4.78 is 5.20. The van der Waals surface area contributed by atoms with Crippen LogP contribution in [0, 0.1) is 11.3 Å². The number of carbonyl (C=O) groups is 3. The van der Waals surface area contributed by atoms with Crippen molar-refractivity contribution in [1.82, 2.24) is 10.6 Å². The molecule has 0 heterocycles. The summed E-state index contributed by atoms with van der Waals surface area (Å²) in [6.07, 6.45) is 1.75. The minimum Gasteiger partial charge on any atom is -0.497 e. The van der Waals surface area contributed by atoms with Crippen LogP contribution < -0.4 is 15.4 Å². The van der Waals surface area contributed by atoms with E-state index in [1.54, 1.807) is 7.11 Å². The first-order valence-electron chi connectivity index (χ1n) is 11.4. The Morgan fingerprint density at radius 2 is 1.76 bits per heavy atom. The van der Waals surface area contributed by atoms with Crippen LogP contribution in [-0.2, 0) is 14.4 Å². The zero-order valence-corrected chi connectivity index (χ0v) is 21.6. The molecule has 2 amide bonds. The lowest BCUT2D eigenvalue weighted by Crippen LogP contribution is -2.43. The van der Waals surface area contributed by atoms with Gasteiger partial charge in [-0.15, -0.1) is 0 Å². The van der Waals surface area contributed by atoms with E-state index in [4.69, 9.17) is 4.74 Å². The maximum absolute atomic E-state index is 12.8. The number of methoxy groups -OCH3 is 1. The van der Waals surface area contributed by atoms with Gasteiger partial charge in [0.25, 0.3) is 0 Å². The fourth-order valence-corrected chi connectivity index (χ4v) is 4.29. The smallest absolute Gasteiger partial charge is 0.327 e. The number of aliphatic carboxylic acids is 1. The molecule has 3 N–H and O–H groups in total. The van der Waals surface area contributed by atoms with E-state index in [0.29, 0.717) is 24.0 Å². The third-order valence-electron chi connectivity index (χ3n) is 4.92. The Morgan fingerprint density at radius 3 is 2.27 bits per heavy atom. The minimum absolute atomic E-state index is 0.00303. The molecule has 2 atom stereocenters. The molecule has 0 unspecified atom stereocenters. The van der Waals surface area contributed by atoms with Gasteiger partial charge in [-0.2, -0.15) is 11.8 Å². The largest absolute Gasteiger partial charge is 0.497 e. The molecule has 1 rings (SSSR count). The lowest BCUT2D eigenvalue weighted by atomic mass is 9.89. The van der Waals surface area contributed by atoms with E-state index in [9.17, 15) is 19.5 Å². The summed E-state index contributed by atoms with van der Waals surface area (Å²) in [7, 11) is 1.61. The van der Waals surface area contributed by atoms with Gasteiger partial charge in [-0.3, -0.25) is 9.59 Å². The van der Waals surface area contributed by atoms with Gasteiger partial charge in [-0.1, -0.05) is 46.8 Å². The standard InChI is InChI=1S/C25H40N2O5S/c1-17(2)14-20(18-8-10-19(32-6)11-9-18)23(29)26-12-7-13-33-16-21(24(30)31)27-22(28)15-25(3,4)5/h8-11,17,20-21H,7,12-16H2,1-6H3,(H,26,29)(H,27,28)(H,30,31)/t20-,21+/m1/s1. The summed E-state index contributed by atoms with van der Waals surface area (Å²) in [6, 6.07) is 6.69. The predicted octanol–water partition coefficient (Wildman–Crippen LogP) is 4.07. The highest BCUT2D eigenvalue weighted by molar-refractivity contribution is 7.99. The van der Waals surface area contributed by atoms with Crippen LogP contribution in [0.1, 0.15) is 65.4 Å². The molecular weight excluding hydrogens is 440 g/mol. The van der Waals surface area contributed by atoms with Gasteiger partial charge in [0.1, 0.15) is 11.8 Å². The summed E-state index contributed by atoms with van der Waals surface area (Å²) >= 11 is 1.46. The zero-order valence-electron chi connectivity index (χ0n) is 20.8. The lowest BCUT2D eigenvalue weighted by Gasteiger charge is -2.20. The molecule has 8 heteroatoms. The molecule has 186 valence electrons. The van der Waals surface area contributed by atoms with Crippen LogP contribution in [0.15, 0.2) is 24.3 Å². The highest BCUT2D eigenvalue weighted by Gasteiger charge is 2.24. The Balaban J connectivity index is 2.46. The molecule has 0 aliphatic rings. The second-order valence-corrected chi connectivity index (χ2v) is 11.0. The van der Waals surface area contributed by atoms with Crippen LogP contribution in [-0.4, -0.2) is 54.1 Å². The number of hydrogen-bond donors (Lipinski definition) is 3. The minimum atomic E-state index is -1.03. The van der Waals surface area contributed by atoms with Gasteiger partial charge in [-0.05, 0) is 47.6 Å². The van der Waals surface area contributed by atoms with Crippen molar-refractivity contribution in [3.63, 3.8) is 0 Å². The highest BCUT2D eigenvalue weighted by Crippen LogP contribution is 2.26. The average molecular weight is 481 g/mol. The number of ether oxygens (including phenoxy) is 1. The second-order valence-electron chi connectivity index (χ2n) is 9.87. The Kier molecular flexibility index (Phi) is 12.3. The lowest BCUT2D eigenvalue weighted by molar-refractivity contribution is -0.141. The first kappa shape index (κ1) is 28.8. The number of carboxylic acids is 1. The summed E-state index contributed by atoms with van der Waals surface area (Å²) in [6.45, 7) is 10.5. The van der Waals surface area contributed by atoms with Gasteiger partial charge < -0.3 is 20.5 Å². The Labute approximate surface area is 202 Å². The summed E-state index contributed by atoms with van der Waals surface area (Å²) in [5, 5.41) is 15.0. The number of carbonyl (C=O) groups excluding carboxylic acids is 2.